The van der Waals surface area contributed by atoms with Crippen LogP contribution >= 0.6 is 0 Å². The van der Waals surface area contributed by atoms with E-state index in [9.17, 15) is 4.39 Å². The van der Waals surface area contributed by atoms with Gasteiger partial charge in [-0.05, 0) is 30.7 Å². The summed E-state index contributed by atoms with van der Waals surface area (Å²) < 4.78 is 18.0. The molecule has 0 amide bonds. The number of pyridine rings is 1. The number of anilines is 1. The Kier molecular flexibility index (Phi) is 2.72. The van der Waals surface area contributed by atoms with Gasteiger partial charge in [-0.2, -0.15) is 0 Å². The number of aromatic nitrogens is 1. The van der Waals surface area contributed by atoms with Crippen molar-refractivity contribution in [1.29, 1.82) is 0 Å². The zero-order chi connectivity index (χ0) is 11.5. The molecule has 3 nitrogen and oxygen atoms in total. The van der Waals surface area contributed by atoms with Crippen LogP contribution < -0.4 is 10.5 Å². The molecule has 16 heavy (non-hydrogen) atoms. The molecule has 2 N–H and O–H groups in total. The number of hydrogen-bond donors (Lipinski definition) is 1. The molecular weight excluding hydrogens is 207 g/mol. The van der Waals surface area contributed by atoms with Gasteiger partial charge >= 0.3 is 0 Å². The predicted octanol–water partition coefficient (Wildman–Crippen LogP) is 2.90. The molecule has 4 heteroatoms. The lowest BCUT2D eigenvalue weighted by molar-refractivity contribution is 0.461. The fourth-order valence-corrected chi connectivity index (χ4v) is 1.30. The van der Waals surface area contributed by atoms with Gasteiger partial charge in [-0.25, -0.2) is 9.37 Å². The maximum Gasteiger partial charge on any atom is 0.219 e. The lowest BCUT2D eigenvalue weighted by atomic mass is 10.2. The number of rotatable bonds is 2. The highest BCUT2D eigenvalue weighted by atomic mass is 19.1. The first-order valence-corrected chi connectivity index (χ1v) is 4.81. The minimum absolute atomic E-state index is 0.317. The third kappa shape index (κ3) is 2.28. The minimum atomic E-state index is -0.399. The summed E-state index contributed by atoms with van der Waals surface area (Å²) in [6.07, 6.45) is 1.10. The highest BCUT2D eigenvalue weighted by Crippen LogP contribution is 2.26. The molecule has 0 fully saturated rings. The molecule has 0 radical (unpaired) electrons. The van der Waals surface area contributed by atoms with Gasteiger partial charge in [0.05, 0.1) is 11.9 Å². The van der Waals surface area contributed by atoms with E-state index in [-0.39, 0.29) is 0 Å². The van der Waals surface area contributed by atoms with E-state index in [2.05, 4.69) is 4.98 Å². The van der Waals surface area contributed by atoms with Crippen molar-refractivity contribution >= 4 is 5.69 Å². The molecule has 1 heterocycles. The summed E-state index contributed by atoms with van der Waals surface area (Å²) in [5, 5.41) is 0. The Balaban J connectivity index is 2.23. The van der Waals surface area contributed by atoms with Crippen molar-refractivity contribution < 1.29 is 9.13 Å². The lowest BCUT2D eigenvalue weighted by Crippen LogP contribution is -1.94. The highest BCUT2D eigenvalue weighted by molar-refractivity contribution is 5.55. The van der Waals surface area contributed by atoms with Crippen LogP contribution in [-0.2, 0) is 0 Å². The number of nitrogen functional groups attached to an aromatic ring is 1. The number of aryl methyl sites for hydroxylation is 1. The largest absolute Gasteiger partial charge is 0.437 e. The van der Waals surface area contributed by atoms with E-state index in [1.54, 1.807) is 12.1 Å². The summed E-state index contributed by atoms with van der Waals surface area (Å²) in [4.78, 5) is 3.78. The summed E-state index contributed by atoms with van der Waals surface area (Å²) in [6, 6.07) is 8.19. The zero-order valence-corrected chi connectivity index (χ0v) is 8.77. The smallest absolute Gasteiger partial charge is 0.219 e. The molecule has 0 aliphatic carbocycles. The third-order valence-electron chi connectivity index (χ3n) is 2.08. The number of ether oxygens (including phenoxy) is 1. The van der Waals surface area contributed by atoms with Crippen LogP contribution in [0.25, 0.3) is 0 Å². The highest BCUT2D eigenvalue weighted by Gasteiger charge is 2.03. The van der Waals surface area contributed by atoms with Crippen LogP contribution in [0.5, 0.6) is 11.6 Å². The Labute approximate surface area is 92.7 Å². The molecule has 1 aromatic heterocycles. The van der Waals surface area contributed by atoms with Crippen molar-refractivity contribution in [2.24, 2.45) is 0 Å². The van der Waals surface area contributed by atoms with Gasteiger partial charge in [0.2, 0.25) is 5.88 Å². The second-order valence-corrected chi connectivity index (χ2v) is 3.46. The molecular formula is C12H11FN2O. The maximum absolute atomic E-state index is 12.6. The van der Waals surface area contributed by atoms with Gasteiger partial charge in [0.15, 0.2) is 5.75 Å². The van der Waals surface area contributed by atoms with Crippen LogP contribution in [0.2, 0.25) is 0 Å². The minimum Gasteiger partial charge on any atom is -0.437 e. The summed E-state index contributed by atoms with van der Waals surface area (Å²) >= 11 is 0. The van der Waals surface area contributed by atoms with Gasteiger partial charge < -0.3 is 10.5 Å². The predicted molar refractivity (Wildman–Crippen MR) is 59.9 cm³/mol. The van der Waals surface area contributed by atoms with Crippen LogP contribution in [0, 0.1) is 12.7 Å². The fraction of sp³-hybridized carbons (Fsp3) is 0.0833. The Morgan fingerprint density at radius 2 is 2.06 bits per heavy atom. The van der Waals surface area contributed by atoms with E-state index in [1.807, 2.05) is 13.0 Å². The Morgan fingerprint density at radius 3 is 2.69 bits per heavy atom. The first-order valence-electron chi connectivity index (χ1n) is 4.81. The normalized spacial score (nSPS) is 10.1. The average Bonchev–Trinajstić information content (AvgIpc) is 2.25. The van der Waals surface area contributed by atoms with Crippen LogP contribution in [0.4, 0.5) is 10.1 Å². The monoisotopic (exact) mass is 218 g/mol. The quantitative estimate of drug-likeness (QED) is 0.788. The SMILES string of the molecule is Cc1ccc(Oc2ccc(F)cn2)c(N)c1. The first-order chi connectivity index (χ1) is 7.65. The summed E-state index contributed by atoms with van der Waals surface area (Å²) in [7, 11) is 0. The first kappa shape index (κ1) is 10.4. The molecule has 0 saturated carbocycles. The van der Waals surface area contributed by atoms with Crippen LogP contribution in [0.3, 0.4) is 0 Å². The van der Waals surface area contributed by atoms with Crippen molar-refractivity contribution in [3.05, 3.63) is 47.9 Å². The van der Waals surface area contributed by atoms with Crippen molar-refractivity contribution in [1.82, 2.24) is 4.98 Å². The zero-order valence-electron chi connectivity index (χ0n) is 8.77. The van der Waals surface area contributed by atoms with Crippen molar-refractivity contribution in [2.75, 3.05) is 5.73 Å². The van der Waals surface area contributed by atoms with Gasteiger partial charge in [0.25, 0.3) is 0 Å². The molecule has 2 aromatic rings. The van der Waals surface area contributed by atoms with Gasteiger partial charge in [0, 0.05) is 6.07 Å². The third-order valence-corrected chi connectivity index (χ3v) is 2.08. The van der Waals surface area contributed by atoms with Gasteiger partial charge in [-0.3, -0.25) is 0 Å². The molecule has 82 valence electrons. The molecule has 0 aliphatic heterocycles. The van der Waals surface area contributed by atoms with Crippen molar-refractivity contribution in [3.8, 4) is 11.6 Å². The van der Waals surface area contributed by atoms with Gasteiger partial charge in [-0.1, -0.05) is 6.07 Å². The number of hydrogen-bond acceptors (Lipinski definition) is 3. The molecule has 1 aromatic carbocycles. The fourth-order valence-electron chi connectivity index (χ4n) is 1.30. The Hall–Kier alpha value is -2.10. The molecule has 0 aliphatic rings. The molecule has 0 saturated heterocycles. The molecule has 0 spiro atoms. The molecule has 2 rings (SSSR count). The van der Waals surface area contributed by atoms with E-state index < -0.39 is 5.82 Å². The second kappa shape index (κ2) is 4.18. The van der Waals surface area contributed by atoms with Crippen molar-refractivity contribution in [3.63, 3.8) is 0 Å². The van der Waals surface area contributed by atoms with Crippen molar-refractivity contribution in [2.45, 2.75) is 6.92 Å². The summed E-state index contributed by atoms with van der Waals surface area (Å²) in [5.41, 5.74) is 7.36. The topological polar surface area (TPSA) is 48.1 Å². The number of halogens is 1. The van der Waals surface area contributed by atoms with E-state index in [0.29, 0.717) is 17.3 Å². The number of benzene rings is 1. The molecule has 0 bridgehead atoms. The summed E-state index contributed by atoms with van der Waals surface area (Å²) in [6.45, 7) is 1.94. The number of nitrogens with two attached hydrogens (primary N) is 1. The lowest BCUT2D eigenvalue weighted by Gasteiger charge is -2.07. The average molecular weight is 218 g/mol. The standard InChI is InChI=1S/C12H11FN2O/c1-8-2-4-11(10(14)6-8)16-12-5-3-9(13)7-15-12/h2-7H,14H2,1H3. The van der Waals surface area contributed by atoms with Crippen LogP contribution in [0.1, 0.15) is 5.56 Å². The van der Waals surface area contributed by atoms with Crippen LogP contribution in [-0.4, -0.2) is 4.98 Å². The van der Waals surface area contributed by atoms with E-state index in [1.165, 1.54) is 12.1 Å². The van der Waals surface area contributed by atoms with E-state index >= 15 is 0 Å². The molecule has 0 unspecified atom stereocenters. The summed E-state index contributed by atoms with van der Waals surface area (Å²) in [5.74, 6) is 0.436. The Morgan fingerprint density at radius 1 is 1.25 bits per heavy atom. The second-order valence-electron chi connectivity index (χ2n) is 3.46. The van der Waals surface area contributed by atoms with Gasteiger partial charge in [0.1, 0.15) is 5.82 Å². The maximum atomic E-state index is 12.6. The van der Waals surface area contributed by atoms with E-state index in [0.717, 1.165) is 11.8 Å². The number of nitrogens with zero attached hydrogens (tertiary/aromatic N) is 1. The molecule has 0 atom stereocenters. The van der Waals surface area contributed by atoms with Gasteiger partial charge in [-0.15, -0.1) is 0 Å². The van der Waals surface area contributed by atoms with Crippen LogP contribution in [0.15, 0.2) is 36.5 Å². The Bertz CT molecular complexity index is 497. The van der Waals surface area contributed by atoms with E-state index in [4.69, 9.17) is 10.5 Å².